The maximum absolute atomic E-state index is 12.6. The number of morpholine rings is 1. The lowest BCUT2D eigenvalue weighted by Crippen LogP contribution is -2.44. The number of ether oxygens (including phenoxy) is 1. The van der Waals surface area contributed by atoms with E-state index in [-0.39, 0.29) is 11.9 Å². The first-order valence-electron chi connectivity index (χ1n) is 7.28. The van der Waals surface area contributed by atoms with Crippen molar-refractivity contribution >= 4 is 17.2 Å². The van der Waals surface area contributed by atoms with Crippen molar-refractivity contribution in [2.24, 2.45) is 0 Å². The summed E-state index contributed by atoms with van der Waals surface area (Å²) in [5.74, 6) is 1.00. The number of carbonyl (C=O) groups excluding carboxylic acids is 1. The van der Waals surface area contributed by atoms with E-state index in [2.05, 4.69) is 22.0 Å². The number of amides is 1. The minimum Gasteiger partial charge on any atom is -0.377 e. The summed E-state index contributed by atoms with van der Waals surface area (Å²) in [7, 11) is 0. The Balaban J connectivity index is 1.73. The highest BCUT2D eigenvalue weighted by Gasteiger charge is 2.32. The number of aromatic nitrogens is 3. The van der Waals surface area contributed by atoms with Crippen LogP contribution in [0.4, 0.5) is 0 Å². The molecule has 1 amide bonds. The fraction of sp³-hybridized carbons (Fsp3) is 0.571. The first kappa shape index (κ1) is 15.1. The molecule has 1 aliphatic rings. The van der Waals surface area contributed by atoms with E-state index in [1.165, 1.54) is 0 Å². The second-order valence-corrected chi connectivity index (χ2v) is 6.06. The van der Waals surface area contributed by atoms with E-state index in [0.717, 1.165) is 17.1 Å². The van der Waals surface area contributed by atoms with Crippen molar-refractivity contribution in [3.63, 3.8) is 0 Å². The summed E-state index contributed by atoms with van der Waals surface area (Å²) < 4.78 is 10.5. The van der Waals surface area contributed by atoms with E-state index in [9.17, 15) is 4.79 Å². The number of nitrogens with zero attached hydrogens (tertiary/aromatic N) is 4. The van der Waals surface area contributed by atoms with Crippen molar-refractivity contribution in [1.82, 2.24) is 20.0 Å². The van der Waals surface area contributed by atoms with Gasteiger partial charge in [-0.25, -0.2) is 4.98 Å². The first-order valence-corrected chi connectivity index (χ1v) is 8.16. The first-order chi connectivity index (χ1) is 10.7. The molecule has 8 heteroatoms. The van der Waals surface area contributed by atoms with Crippen molar-refractivity contribution in [2.75, 3.05) is 19.8 Å². The molecule has 22 heavy (non-hydrogen) atoms. The van der Waals surface area contributed by atoms with E-state index in [1.54, 1.807) is 23.2 Å². The Bertz CT molecular complexity index is 654. The Morgan fingerprint density at radius 2 is 2.36 bits per heavy atom. The summed E-state index contributed by atoms with van der Waals surface area (Å²) in [6.07, 6.45) is 1.19. The highest BCUT2D eigenvalue weighted by Crippen LogP contribution is 2.23. The second kappa shape index (κ2) is 6.53. The van der Waals surface area contributed by atoms with Gasteiger partial charge >= 0.3 is 0 Å². The fourth-order valence-electron chi connectivity index (χ4n) is 2.42. The van der Waals surface area contributed by atoms with E-state index >= 15 is 0 Å². The summed E-state index contributed by atoms with van der Waals surface area (Å²) in [6.45, 7) is 5.23. The van der Waals surface area contributed by atoms with Gasteiger partial charge in [-0.1, -0.05) is 12.1 Å². The summed E-state index contributed by atoms with van der Waals surface area (Å²) >= 11 is 1.59. The highest BCUT2D eigenvalue weighted by atomic mass is 32.1. The van der Waals surface area contributed by atoms with Gasteiger partial charge in [0.15, 0.2) is 5.82 Å². The molecule has 0 saturated carbocycles. The summed E-state index contributed by atoms with van der Waals surface area (Å²) in [5, 5.41) is 6.92. The molecule has 7 nitrogen and oxygen atoms in total. The molecular formula is C14H18N4O3S. The maximum atomic E-state index is 12.6. The van der Waals surface area contributed by atoms with Crippen LogP contribution in [0.3, 0.4) is 0 Å². The number of hydrogen-bond acceptors (Lipinski definition) is 7. The van der Waals surface area contributed by atoms with Crippen molar-refractivity contribution in [3.8, 4) is 0 Å². The molecule has 3 heterocycles. The zero-order chi connectivity index (χ0) is 15.5. The largest absolute Gasteiger partial charge is 0.377 e. The number of hydrogen-bond donors (Lipinski definition) is 0. The lowest BCUT2D eigenvalue weighted by atomic mass is 10.2. The minimum absolute atomic E-state index is 0.0173. The predicted molar refractivity (Wildman–Crippen MR) is 79.5 cm³/mol. The van der Waals surface area contributed by atoms with Gasteiger partial charge in [0, 0.05) is 18.8 Å². The molecule has 118 valence electrons. The van der Waals surface area contributed by atoms with Gasteiger partial charge in [0.25, 0.3) is 0 Å². The van der Waals surface area contributed by atoms with E-state index in [0.29, 0.717) is 37.9 Å². The van der Waals surface area contributed by atoms with Gasteiger partial charge in [-0.05, 0) is 6.42 Å². The van der Waals surface area contributed by atoms with Gasteiger partial charge in [0.1, 0.15) is 6.04 Å². The minimum atomic E-state index is -0.289. The molecule has 0 aliphatic carbocycles. The summed E-state index contributed by atoms with van der Waals surface area (Å²) in [6, 6.07) is -0.289. The zero-order valence-electron chi connectivity index (χ0n) is 12.6. The van der Waals surface area contributed by atoms with Gasteiger partial charge in [0.05, 0.1) is 30.3 Å². The molecule has 1 aliphatic heterocycles. The SMILES string of the molecule is CCc1nc(CC(=O)N2CCOCC2c2noc(C)n2)cs1. The monoisotopic (exact) mass is 322 g/mol. The van der Waals surface area contributed by atoms with Crippen LogP contribution in [-0.2, 0) is 22.4 Å². The van der Waals surface area contributed by atoms with Crippen LogP contribution in [0.5, 0.6) is 0 Å². The van der Waals surface area contributed by atoms with Gasteiger partial charge in [-0.15, -0.1) is 11.3 Å². The predicted octanol–water partition coefficient (Wildman–Crippen LogP) is 1.54. The molecule has 1 fully saturated rings. The third-order valence-electron chi connectivity index (χ3n) is 3.52. The van der Waals surface area contributed by atoms with Gasteiger partial charge in [0.2, 0.25) is 11.8 Å². The van der Waals surface area contributed by atoms with E-state index < -0.39 is 0 Å². The Kier molecular flexibility index (Phi) is 4.49. The molecule has 0 aromatic carbocycles. The van der Waals surface area contributed by atoms with E-state index in [4.69, 9.17) is 9.26 Å². The zero-order valence-corrected chi connectivity index (χ0v) is 13.4. The number of carbonyl (C=O) groups is 1. The maximum Gasteiger partial charge on any atom is 0.229 e. The standard InChI is InChI=1S/C14H18N4O3S/c1-3-12-16-10(8-22-12)6-13(19)18-4-5-20-7-11(18)14-15-9(2)21-17-14/h8,11H,3-7H2,1-2H3. The Labute approximate surface area is 132 Å². The highest BCUT2D eigenvalue weighted by molar-refractivity contribution is 7.09. The van der Waals surface area contributed by atoms with Crippen LogP contribution in [0.25, 0.3) is 0 Å². The third-order valence-corrected chi connectivity index (χ3v) is 4.57. The second-order valence-electron chi connectivity index (χ2n) is 5.11. The van der Waals surface area contributed by atoms with Crippen molar-refractivity contribution in [3.05, 3.63) is 27.8 Å². The van der Waals surface area contributed by atoms with Gasteiger partial charge in [-0.2, -0.15) is 4.98 Å². The molecule has 1 atom stereocenters. The number of rotatable bonds is 4. The Morgan fingerprint density at radius 3 is 3.05 bits per heavy atom. The molecule has 2 aromatic rings. The van der Waals surface area contributed by atoms with Crippen LogP contribution in [0.15, 0.2) is 9.90 Å². The molecular weight excluding hydrogens is 304 g/mol. The average molecular weight is 322 g/mol. The summed E-state index contributed by atoms with van der Waals surface area (Å²) in [5.41, 5.74) is 0.821. The van der Waals surface area contributed by atoms with Crippen molar-refractivity contribution < 1.29 is 14.1 Å². The van der Waals surface area contributed by atoms with Gasteiger partial charge in [-0.3, -0.25) is 4.79 Å². The molecule has 1 saturated heterocycles. The summed E-state index contributed by atoms with van der Waals surface area (Å²) in [4.78, 5) is 23.0. The molecule has 0 bridgehead atoms. The van der Waals surface area contributed by atoms with Crippen molar-refractivity contribution in [1.29, 1.82) is 0 Å². The molecule has 2 aromatic heterocycles. The topological polar surface area (TPSA) is 81.4 Å². The Hall–Kier alpha value is -1.80. The third kappa shape index (κ3) is 3.17. The van der Waals surface area contributed by atoms with Crippen LogP contribution in [0, 0.1) is 6.92 Å². The van der Waals surface area contributed by atoms with Crippen molar-refractivity contribution in [2.45, 2.75) is 32.7 Å². The quantitative estimate of drug-likeness (QED) is 0.849. The smallest absolute Gasteiger partial charge is 0.229 e. The normalized spacial score (nSPS) is 18.6. The molecule has 0 N–H and O–H groups in total. The molecule has 3 rings (SSSR count). The van der Waals surface area contributed by atoms with Crippen LogP contribution in [0.1, 0.15) is 35.4 Å². The number of aryl methyl sites for hydroxylation is 2. The van der Waals surface area contributed by atoms with Gasteiger partial charge < -0.3 is 14.2 Å². The molecule has 0 radical (unpaired) electrons. The fourth-order valence-corrected chi connectivity index (χ4v) is 3.16. The molecule has 1 unspecified atom stereocenters. The Morgan fingerprint density at radius 1 is 1.50 bits per heavy atom. The van der Waals surface area contributed by atoms with Crippen LogP contribution in [0.2, 0.25) is 0 Å². The lowest BCUT2D eigenvalue weighted by molar-refractivity contribution is -0.139. The van der Waals surface area contributed by atoms with Crippen LogP contribution in [-0.4, -0.2) is 45.7 Å². The lowest BCUT2D eigenvalue weighted by Gasteiger charge is -2.33. The van der Waals surface area contributed by atoms with Crippen LogP contribution < -0.4 is 0 Å². The average Bonchev–Trinajstić information content (AvgIpc) is 3.16. The van der Waals surface area contributed by atoms with Crippen LogP contribution >= 0.6 is 11.3 Å². The number of thiazole rings is 1. The molecule has 0 spiro atoms. The van der Waals surface area contributed by atoms with E-state index in [1.807, 2.05) is 5.38 Å².